The maximum atomic E-state index is 2.62. The molecule has 9 aliphatic carbocycles. The van der Waals surface area contributed by atoms with Gasteiger partial charge in [0.25, 0.3) is 0 Å². The van der Waals surface area contributed by atoms with E-state index < -0.39 is 0 Å². The van der Waals surface area contributed by atoms with E-state index in [2.05, 4.69) is 13.8 Å². The van der Waals surface area contributed by atoms with Gasteiger partial charge >= 0.3 is 0 Å². The number of unbranched alkanes of at least 4 members (excludes halogenated alkanes) is 1. The third kappa shape index (κ3) is 6.45. The molecule has 0 spiro atoms. The molecule has 0 aromatic heterocycles. The van der Waals surface area contributed by atoms with Gasteiger partial charge in [-0.2, -0.15) is 0 Å². The molecule has 0 aromatic carbocycles. The Balaban J connectivity index is 1.27. The van der Waals surface area contributed by atoms with Gasteiger partial charge in [0.05, 0.1) is 0 Å². The molecular weight excluding hydrogens is 697 g/mol. The van der Waals surface area contributed by atoms with Crippen molar-refractivity contribution in [1.29, 1.82) is 0 Å². The van der Waals surface area contributed by atoms with E-state index in [1.807, 2.05) is 0 Å². The highest BCUT2D eigenvalue weighted by molar-refractivity contribution is 5.30. The highest BCUT2D eigenvalue weighted by atomic mass is 14.9. The minimum Gasteiger partial charge on any atom is -0.0654 e. The third-order valence-electron chi connectivity index (χ3n) is 23.7. The molecule has 9 aliphatic rings. The van der Waals surface area contributed by atoms with Gasteiger partial charge in [-0.05, 0) is 177 Å². The molecule has 332 valence electrons. The summed E-state index contributed by atoms with van der Waals surface area (Å²) in [4.78, 5) is 0. The zero-order valence-electron chi connectivity index (χ0n) is 39.7. The molecule has 0 amide bonds. The Morgan fingerprint density at radius 3 is 1.12 bits per heavy atom. The lowest BCUT2D eigenvalue weighted by molar-refractivity contribution is -0.292. The van der Waals surface area contributed by atoms with Crippen LogP contribution in [0, 0.1) is 55.2 Å². The fraction of sp³-hybridized carbons (Fsp3) is 1.00. The summed E-state index contributed by atoms with van der Waals surface area (Å²) < 4.78 is 0. The molecule has 9 fully saturated rings. The van der Waals surface area contributed by atoms with Gasteiger partial charge in [0.15, 0.2) is 0 Å². The van der Waals surface area contributed by atoms with E-state index in [9.17, 15) is 0 Å². The van der Waals surface area contributed by atoms with Crippen LogP contribution in [0.1, 0.15) is 309 Å². The Morgan fingerprint density at radius 1 is 0.345 bits per heavy atom. The Kier molecular flexibility index (Phi) is 13.3. The molecule has 1 unspecified atom stereocenters. The maximum Gasteiger partial charge on any atom is -0.0173 e. The molecule has 9 rings (SSSR count). The first kappa shape index (κ1) is 43.3. The maximum absolute atomic E-state index is 2.62. The summed E-state index contributed by atoms with van der Waals surface area (Å²) >= 11 is 0. The summed E-state index contributed by atoms with van der Waals surface area (Å²) in [6, 6.07) is 0. The van der Waals surface area contributed by atoms with Crippen LogP contribution < -0.4 is 0 Å². The van der Waals surface area contributed by atoms with Gasteiger partial charge < -0.3 is 0 Å². The van der Waals surface area contributed by atoms with Crippen LogP contribution in [0.15, 0.2) is 0 Å². The van der Waals surface area contributed by atoms with Crippen molar-refractivity contribution < 1.29 is 0 Å². The van der Waals surface area contributed by atoms with Gasteiger partial charge in [0.2, 0.25) is 0 Å². The molecule has 0 saturated heterocycles. The van der Waals surface area contributed by atoms with Crippen molar-refractivity contribution in [1.82, 2.24) is 0 Å². The normalized spacial score (nSPS) is 33.2. The number of rotatable bonds is 14. The lowest BCUT2D eigenvalue weighted by Crippen LogP contribution is -2.70. The lowest BCUT2D eigenvalue weighted by Gasteiger charge is -2.77. The topological polar surface area (TPSA) is 0 Å². The van der Waals surface area contributed by atoms with E-state index in [0.717, 1.165) is 11.8 Å². The van der Waals surface area contributed by atoms with Crippen LogP contribution in [0.5, 0.6) is 0 Å². The van der Waals surface area contributed by atoms with Crippen LogP contribution in [0.3, 0.4) is 0 Å². The highest BCUT2D eigenvalue weighted by Gasteiger charge is 2.82. The Bertz CT molecular complexity index is 1260. The van der Waals surface area contributed by atoms with Crippen molar-refractivity contribution in [3.8, 4) is 0 Å². The summed E-state index contributed by atoms with van der Waals surface area (Å²) in [5.74, 6) is 2.03. The van der Waals surface area contributed by atoms with Gasteiger partial charge in [-0.3, -0.25) is 0 Å². The van der Waals surface area contributed by atoms with Crippen LogP contribution in [0.4, 0.5) is 0 Å². The van der Waals surface area contributed by atoms with E-state index in [-0.39, 0.29) is 0 Å². The average molecular weight is 797 g/mol. The van der Waals surface area contributed by atoms with E-state index >= 15 is 0 Å². The van der Waals surface area contributed by atoms with Crippen LogP contribution in [-0.4, -0.2) is 0 Å². The van der Waals surface area contributed by atoms with Gasteiger partial charge in [0.1, 0.15) is 0 Å². The monoisotopic (exact) mass is 797 g/mol. The smallest absolute Gasteiger partial charge is 0.0173 e. The first-order chi connectivity index (χ1) is 28.5. The SMILES string of the molecule is CCCCC(CC)CC1(C2(C3(C4(C5(C6(C7(C8(C9CCCCC9)CCCCC8)CCCCC7)CCCC6)CCCCC5)CCCCC4)CC3)CCCCC2)CCCCC1. The molecule has 0 heterocycles. The number of hydrogen-bond donors (Lipinski definition) is 0. The van der Waals surface area contributed by atoms with Crippen LogP contribution >= 0.6 is 0 Å². The molecule has 0 nitrogen and oxygen atoms in total. The van der Waals surface area contributed by atoms with Gasteiger partial charge in [-0.15, -0.1) is 0 Å². The van der Waals surface area contributed by atoms with Gasteiger partial charge in [-0.1, -0.05) is 187 Å². The van der Waals surface area contributed by atoms with Crippen LogP contribution in [0.25, 0.3) is 0 Å². The van der Waals surface area contributed by atoms with Gasteiger partial charge in [0, 0.05) is 0 Å². The molecule has 0 aliphatic heterocycles. The molecule has 0 bridgehead atoms. The second-order valence-corrected chi connectivity index (χ2v) is 25.0. The van der Waals surface area contributed by atoms with Crippen molar-refractivity contribution >= 4 is 0 Å². The van der Waals surface area contributed by atoms with Crippen molar-refractivity contribution in [2.75, 3.05) is 0 Å². The van der Waals surface area contributed by atoms with Crippen LogP contribution in [0.2, 0.25) is 0 Å². The zero-order valence-corrected chi connectivity index (χ0v) is 39.7. The van der Waals surface area contributed by atoms with E-state index in [4.69, 9.17) is 0 Å². The predicted molar refractivity (Wildman–Crippen MR) is 250 cm³/mol. The fourth-order valence-electron chi connectivity index (χ4n) is 22.1. The highest BCUT2D eigenvalue weighted by Crippen LogP contribution is 2.90. The summed E-state index contributed by atoms with van der Waals surface area (Å²) in [7, 11) is 0. The largest absolute Gasteiger partial charge is 0.0654 e. The molecule has 0 N–H and O–H groups in total. The van der Waals surface area contributed by atoms with Crippen molar-refractivity contribution in [3.05, 3.63) is 0 Å². The fourth-order valence-corrected chi connectivity index (χ4v) is 22.1. The number of hydrogen-bond acceptors (Lipinski definition) is 0. The van der Waals surface area contributed by atoms with E-state index in [1.165, 1.54) is 25.7 Å². The summed E-state index contributed by atoms with van der Waals surface area (Å²) in [5.41, 5.74) is 5.04. The lowest BCUT2D eigenvalue weighted by atomic mass is 9.26. The zero-order chi connectivity index (χ0) is 39.7. The average Bonchev–Trinajstić information content (AvgIpc) is 3.98. The van der Waals surface area contributed by atoms with Crippen molar-refractivity contribution in [2.24, 2.45) is 55.2 Å². The Morgan fingerprint density at radius 2 is 0.690 bits per heavy atom. The quantitative estimate of drug-likeness (QED) is 0.164. The summed E-state index contributed by atoms with van der Waals surface area (Å²) in [5, 5.41) is 0. The molecule has 9 saturated carbocycles. The Labute approximate surface area is 362 Å². The van der Waals surface area contributed by atoms with Gasteiger partial charge in [-0.25, -0.2) is 0 Å². The van der Waals surface area contributed by atoms with E-state index in [1.54, 1.807) is 270 Å². The minimum atomic E-state index is 0.606. The van der Waals surface area contributed by atoms with E-state index in [0.29, 0.717) is 43.3 Å². The molecule has 0 radical (unpaired) electrons. The Hall–Kier alpha value is 0. The second kappa shape index (κ2) is 17.9. The van der Waals surface area contributed by atoms with Crippen molar-refractivity contribution in [3.63, 3.8) is 0 Å². The first-order valence-corrected chi connectivity index (χ1v) is 28.5. The molecule has 0 heteroatoms. The first-order valence-electron chi connectivity index (χ1n) is 28.5. The summed E-state index contributed by atoms with van der Waals surface area (Å²) in [6.07, 6.45) is 73.5. The molecule has 0 aromatic rings. The molecular formula is C58H100. The van der Waals surface area contributed by atoms with Crippen LogP contribution in [-0.2, 0) is 0 Å². The minimum absolute atomic E-state index is 0.606. The molecule has 58 heavy (non-hydrogen) atoms. The van der Waals surface area contributed by atoms with Crippen molar-refractivity contribution in [2.45, 2.75) is 309 Å². The third-order valence-corrected chi connectivity index (χ3v) is 23.7. The predicted octanol–water partition coefficient (Wildman–Crippen LogP) is 19.2. The summed E-state index contributed by atoms with van der Waals surface area (Å²) in [6.45, 7) is 5.10. The standard InChI is InChI=1S/C58H100/c1-3-5-29-49(4-2)48-51(32-15-7-16-33-51)53(36-19-9-20-37-53)58(46-47-58)57(42-25-12-26-43-57)56(40-23-11-24-41-56)55(44-27-28-45-55)54(38-21-10-22-39-54)52(34-17-8-18-35-52)50-30-13-6-14-31-50/h49-50H,3-48H2,1-2H3. The molecule has 1 atom stereocenters. The second-order valence-electron chi connectivity index (χ2n) is 25.0.